The molecule has 8 heteroatoms. The second kappa shape index (κ2) is 8.13. The lowest BCUT2D eigenvalue weighted by Gasteiger charge is -2.08. The van der Waals surface area contributed by atoms with Crippen molar-refractivity contribution < 1.29 is 19.6 Å². The fourth-order valence-corrected chi connectivity index (χ4v) is 2.68. The Morgan fingerprint density at radius 1 is 1.40 bits per heavy atom. The van der Waals surface area contributed by atoms with E-state index in [1.807, 2.05) is 0 Å². The number of hydrogen-bond donors (Lipinski definition) is 1. The molecule has 0 unspecified atom stereocenters. The zero-order valence-electron chi connectivity index (χ0n) is 13.0. The van der Waals surface area contributed by atoms with Crippen molar-refractivity contribution in [2.45, 2.75) is 6.92 Å². The normalized spacial score (nSPS) is 10.8. The maximum Gasteiger partial charge on any atom is 0.288 e. The molecule has 0 saturated heterocycles. The zero-order chi connectivity index (χ0) is 18.6. The Kier molecular flexibility index (Phi) is 6.17. The number of ether oxygens (including phenoxy) is 1. The van der Waals surface area contributed by atoms with E-state index in [0.717, 1.165) is 6.07 Å². The number of nitrogens with zero attached hydrogens (tertiary/aromatic N) is 1. The van der Waals surface area contributed by atoms with Crippen molar-refractivity contribution in [3.63, 3.8) is 0 Å². The molecule has 1 N–H and O–H groups in total. The number of rotatable bonds is 6. The molecule has 0 saturated carbocycles. The summed E-state index contributed by atoms with van der Waals surface area (Å²) in [7, 11) is 0. The number of ketones is 1. The molecular weight excluding hydrogens is 414 g/mol. The highest BCUT2D eigenvalue weighted by Gasteiger charge is 2.15. The number of aromatic hydroxyl groups is 1. The Hall–Kier alpha value is -2.38. The predicted molar refractivity (Wildman–Crippen MR) is 98.4 cm³/mol. The fraction of sp³-hybridized carbons (Fsp3) is 0.118. The van der Waals surface area contributed by atoms with Crippen LogP contribution in [0.5, 0.6) is 11.5 Å². The maximum absolute atomic E-state index is 12.2. The monoisotopic (exact) mass is 425 g/mol. The van der Waals surface area contributed by atoms with Gasteiger partial charge in [-0.2, -0.15) is 0 Å². The van der Waals surface area contributed by atoms with E-state index in [0.29, 0.717) is 16.6 Å². The molecule has 0 bridgehead atoms. The third-order valence-electron chi connectivity index (χ3n) is 3.21. The summed E-state index contributed by atoms with van der Waals surface area (Å²) in [5.41, 5.74) is 0.437. The topological polar surface area (TPSA) is 89.7 Å². The molecule has 0 fully saturated rings. The first-order chi connectivity index (χ1) is 11.8. The molecular formula is C17H13BrClNO5. The molecule has 6 nitrogen and oxygen atoms in total. The van der Waals surface area contributed by atoms with E-state index in [4.69, 9.17) is 16.3 Å². The van der Waals surface area contributed by atoms with Crippen molar-refractivity contribution in [2.75, 3.05) is 6.61 Å². The third kappa shape index (κ3) is 4.58. The van der Waals surface area contributed by atoms with Crippen LogP contribution < -0.4 is 4.74 Å². The van der Waals surface area contributed by atoms with Crippen molar-refractivity contribution >= 4 is 45.1 Å². The molecule has 0 atom stereocenters. The van der Waals surface area contributed by atoms with Crippen LogP contribution in [0.4, 0.5) is 5.69 Å². The van der Waals surface area contributed by atoms with Gasteiger partial charge < -0.3 is 9.84 Å². The van der Waals surface area contributed by atoms with Gasteiger partial charge in [-0.15, -0.1) is 0 Å². The van der Waals surface area contributed by atoms with Gasteiger partial charge in [-0.3, -0.25) is 14.9 Å². The molecule has 130 valence electrons. The summed E-state index contributed by atoms with van der Waals surface area (Å²) in [5.74, 6) is -0.160. The zero-order valence-corrected chi connectivity index (χ0v) is 15.4. The van der Waals surface area contributed by atoms with E-state index < -0.39 is 10.7 Å². The number of benzene rings is 2. The molecule has 2 aromatic carbocycles. The number of nitro benzene ring substituents is 1. The van der Waals surface area contributed by atoms with Crippen LogP contribution in [0.2, 0.25) is 5.02 Å². The second-order valence-corrected chi connectivity index (χ2v) is 6.16. The van der Waals surface area contributed by atoms with Gasteiger partial charge in [-0.25, -0.2) is 0 Å². The first-order valence-electron chi connectivity index (χ1n) is 7.15. The summed E-state index contributed by atoms with van der Waals surface area (Å²) < 4.78 is 5.74. The molecule has 25 heavy (non-hydrogen) atoms. The summed E-state index contributed by atoms with van der Waals surface area (Å²) >= 11 is 8.95. The highest BCUT2D eigenvalue weighted by molar-refractivity contribution is 9.10. The number of carbonyl (C=O) groups excluding carboxylic acids is 1. The van der Waals surface area contributed by atoms with Gasteiger partial charge in [0.25, 0.3) is 5.69 Å². The van der Waals surface area contributed by atoms with Gasteiger partial charge in [-0.1, -0.05) is 17.7 Å². The number of phenolic OH excluding ortho intramolecular Hbond substituents is 1. The minimum atomic E-state index is -0.645. The van der Waals surface area contributed by atoms with Crippen LogP contribution in [0, 0.1) is 10.1 Å². The number of carbonyl (C=O) groups is 1. The van der Waals surface area contributed by atoms with Gasteiger partial charge in [0.2, 0.25) is 0 Å². The third-order valence-corrected chi connectivity index (χ3v) is 4.13. The standard InChI is InChI=1S/C17H13BrClNO5/c1-2-25-16-8-10(7-12(18)17(16)22)3-6-15(21)11-4-5-13(19)14(9-11)20(23)24/h3-9,22H,2H2,1H3/b6-3+. The number of allylic oxidation sites excluding steroid dienone is 1. The molecule has 0 aliphatic heterocycles. The van der Waals surface area contributed by atoms with Crippen LogP contribution in [0.15, 0.2) is 40.9 Å². The smallest absolute Gasteiger partial charge is 0.288 e. The average molecular weight is 427 g/mol. The van der Waals surface area contributed by atoms with E-state index in [1.165, 1.54) is 24.3 Å². The fourth-order valence-electron chi connectivity index (χ4n) is 2.03. The highest BCUT2D eigenvalue weighted by atomic mass is 79.9. The molecule has 2 aromatic rings. The lowest BCUT2D eigenvalue weighted by atomic mass is 10.1. The Bertz CT molecular complexity index is 866. The molecule has 0 radical (unpaired) electrons. The maximum atomic E-state index is 12.2. The van der Waals surface area contributed by atoms with Crippen molar-refractivity contribution in [1.82, 2.24) is 0 Å². The van der Waals surface area contributed by atoms with E-state index >= 15 is 0 Å². The minimum absolute atomic E-state index is 0.0290. The Morgan fingerprint density at radius 3 is 2.76 bits per heavy atom. The van der Waals surface area contributed by atoms with Gasteiger partial charge in [0, 0.05) is 11.6 Å². The van der Waals surface area contributed by atoms with Crippen LogP contribution in [0.1, 0.15) is 22.8 Å². The van der Waals surface area contributed by atoms with Crippen LogP contribution in [0.25, 0.3) is 6.08 Å². The summed E-state index contributed by atoms with van der Waals surface area (Å²) in [6.45, 7) is 2.16. The lowest BCUT2D eigenvalue weighted by molar-refractivity contribution is -0.384. The lowest BCUT2D eigenvalue weighted by Crippen LogP contribution is -1.97. The molecule has 0 amide bonds. The molecule has 0 spiro atoms. The minimum Gasteiger partial charge on any atom is -0.503 e. The van der Waals surface area contributed by atoms with Gasteiger partial charge >= 0.3 is 0 Å². The number of nitro groups is 1. The molecule has 0 aromatic heterocycles. The van der Waals surface area contributed by atoms with Gasteiger partial charge in [0.05, 0.1) is 16.0 Å². The summed E-state index contributed by atoms with van der Waals surface area (Å²) in [5, 5.41) is 20.7. The molecule has 0 aliphatic rings. The van der Waals surface area contributed by atoms with E-state index in [-0.39, 0.29) is 27.8 Å². The number of halogens is 2. The molecule has 2 rings (SSSR count). The van der Waals surface area contributed by atoms with Crippen LogP contribution in [0.3, 0.4) is 0 Å². The average Bonchev–Trinajstić information content (AvgIpc) is 2.57. The summed E-state index contributed by atoms with van der Waals surface area (Å²) in [4.78, 5) is 22.5. The first kappa shape index (κ1) is 19.0. The van der Waals surface area contributed by atoms with Gasteiger partial charge in [0.15, 0.2) is 17.3 Å². The number of hydrogen-bond acceptors (Lipinski definition) is 5. The van der Waals surface area contributed by atoms with Crippen LogP contribution in [-0.2, 0) is 0 Å². The Balaban J connectivity index is 2.29. The number of phenols is 1. The van der Waals surface area contributed by atoms with Crippen molar-refractivity contribution in [3.8, 4) is 11.5 Å². The highest BCUT2D eigenvalue weighted by Crippen LogP contribution is 2.36. The van der Waals surface area contributed by atoms with E-state index in [9.17, 15) is 20.0 Å². The Labute approximate surface area is 157 Å². The van der Waals surface area contributed by atoms with E-state index in [1.54, 1.807) is 19.1 Å². The van der Waals surface area contributed by atoms with Gasteiger partial charge in [0.1, 0.15) is 5.02 Å². The van der Waals surface area contributed by atoms with Crippen molar-refractivity contribution in [3.05, 3.63) is 67.1 Å². The quantitative estimate of drug-likeness (QED) is 0.303. The van der Waals surface area contributed by atoms with E-state index in [2.05, 4.69) is 15.9 Å². The summed E-state index contributed by atoms with van der Waals surface area (Å²) in [6.07, 6.45) is 2.80. The van der Waals surface area contributed by atoms with Crippen LogP contribution in [-0.4, -0.2) is 22.4 Å². The molecule has 0 heterocycles. The Morgan fingerprint density at radius 2 is 2.12 bits per heavy atom. The first-order valence-corrected chi connectivity index (χ1v) is 8.32. The predicted octanol–water partition coefficient (Wildman–Crippen LogP) is 5.01. The van der Waals surface area contributed by atoms with Crippen molar-refractivity contribution in [2.24, 2.45) is 0 Å². The van der Waals surface area contributed by atoms with Crippen molar-refractivity contribution in [1.29, 1.82) is 0 Å². The molecule has 0 aliphatic carbocycles. The SMILES string of the molecule is CCOc1cc(/C=C/C(=O)c2ccc(Cl)c([N+](=O)[O-])c2)cc(Br)c1O. The second-order valence-electron chi connectivity index (χ2n) is 4.90. The largest absolute Gasteiger partial charge is 0.503 e. The summed E-state index contributed by atoms with van der Waals surface area (Å²) in [6, 6.07) is 7.06. The van der Waals surface area contributed by atoms with Gasteiger partial charge in [-0.05, 0) is 58.8 Å². The van der Waals surface area contributed by atoms with Crippen LogP contribution >= 0.6 is 27.5 Å².